The summed E-state index contributed by atoms with van der Waals surface area (Å²) in [6.07, 6.45) is -0.825. The molecule has 1 aliphatic rings. The predicted molar refractivity (Wildman–Crippen MR) is 453 cm³/mol. The van der Waals surface area contributed by atoms with Crippen molar-refractivity contribution in [3.63, 3.8) is 0 Å². The van der Waals surface area contributed by atoms with Crippen LogP contribution in [0.3, 0.4) is 0 Å². The summed E-state index contributed by atoms with van der Waals surface area (Å²) in [5.74, 6) is -11.6. The van der Waals surface area contributed by atoms with Gasteiger partial charge < -0.3 is 101 Å². The highest BCUT2D eigenvalue weighted by Crippen LogP contribution is 2.50. The van der Waals surface area contributed by atoms with Crippen LogP contribution in [0.4, 0.5) is 5.69 Å². The Labute approximate surface area is 710 Å². The highest BCUT2D eigenvalue weighted by molar-refractivity contribution is 7.89. The van der Waals surface area contributed by atoms with Crippen molar-refractivity contribution in [1.29, 1.82) is 10.8 Å². The van der Waals surface area contributed by atoms with Gasteiger partial charge in [0, 0.05) is 138 Å². The first-order chi connectivity index (χ1) is 56.2. The summed E-state index contributed by atoms with van der Waals surface area (Å²) < 4.78 is 146. The first-order valence-corrected chi connectivity index (χ1v) is 47.4. The Balaban J connectivity index is 1.54. The molecule has 0 saturated carbocycles. The number of nitrogens with zero attached hydrogens (tertiary/aromatic N) is 5. The van der Waals surface area contributed by atoms with Crippen molar-refractivity contribution >= 4 is 132 Å². The Morgan fingerprint density at radius 3 is 1.36 bits per heavy atom. The zero-order valence-electron chi connectivity index (χ0n) is 68.8. The van der Waals surface area contributed by atoms with E-state index in [-0.39, 0.29) is 110 Å². The maximum absolute atomic E-state index is 14.3. The standard InChI is InChI=1S/C71H116N20O24S6/c1-43(2)28-50(35-90(120(111,112)27-23-72)41-65(100)86-57(45(5)92)36-91(37-61(96)77-6)121(113,114)42-44(3)4)84-64(99)40-88(118(8,107)108)33-48(13-11-25-79-70(75)76)82-62(97)38-87(117(7,105)106)32-47(12-10-24-78-69(73)74)83-63(98)39-89(119(9,109)110)34-49(15-21-66(101)102)81-60(95)22-26-80-71(116)85-46-14-18-53(56(29-46)68(103)104)67-54-19-16-51(93)30-58(54)115-59-31-52(94)17-20-55(59)67/h14,16-20,29-31,43-45,47-50,57,67,92-94H,10-13,15,21-28,32-42,72H2,1-9H3,(H,77,96)(H,81,95)(H,82,97)(H,83,98)(H,84,99)(H,86,100)(H,101,102)(H,103,104)(H4,73,74,78)(H4,75,76,79)(H2,80,85,116)/t45?,47-,48-,49-,50-,57+/m0/s1. The van der Waals surface area contributed by atoms with Gasteiger partial charge in [-0.3, -0.25) is 44.4 Å². The number of amides is 6. The van der Waals surface area contributed by atoms with Gasteiger partial charge in [-0.25, -0.2) is 46.9 Å². The molecule has 1 aliphatic heterocycles. The monoisotopic (exact) mass is 1820 g/mol. The van der Waals surface area contributed by atoms with E-state index in [4.69, 9.17) is 45.0 Å². The molecule has 4 rings (SSSR count). The number of fused-ring (bicyclic) bond motifs is 2. The number of aliphatic hydroxyl groups is 1. The molecule has 44 nitrogen and oxygen atoms in total. The number of carboxylic acid groups (broad SMARTS) is 2. The SMILES string of the molecule is CNC(=O)CN(C[C@@H](NC(=O)CN(C[C@H](CC(C)C)NC(=O)CN(C[C@H](CCCNC(=N)N)NC(=O)CN(C[C@H](CCCNC(=N)N)NC(=O)CN(C[C@H](CCC(=O)O)NC(=O)CCNC(=S)Nc1ccc(C2c3ccc(O)cc3Oc3cc(O)ccc32)c(C(=O)O)c1)S(C)(=O)=O)S(C)(=O)=O)S(C)(=O)=O)S(=O)(=O)CCN)C(C)O)S(=O)(=O)CC(C)C. The first kappa shape index (κ1) is 104. The Morgan fingerprint density at radius 1 is 0.521 bits per heavy atom. The number of benzene rings is 3. The van der Waals surface area contributed by atoms with E-state index in [2.05, 4.69) is 53.2 Å². The molecule has 1 unspecified atom stereocenters. The molecule has 1 heterocycles. The average molecular weight is 1830 g/mol. The number of likely N-dealkylation sites (N-methyl/N-ethyl adjacent to an activating group) is 1. The number of carbonyl (C=O) groups is 8. The van der Waals surface area contributed by atoms with Crippen LogP contribution in [-0.2, 0) is 83.7 Å². The van der Waals surface area contributed by atoms with Crippen LogP contribution in [0.2, 0.25) is 0 Å². The summed E-state index contributed by atoms with van der Waals surface area (Å²) in [5.41, 5.74) is 18.1. The number of guanidine groups is 2. The minimum Gasteiger partial charge on any atom is -0.508 e. The number of phenols is 2. The molecule has 0 saturated heterocycles. The number of hydrogen-bond acceptors (Lipinski definition) is 26. The number of aliphatic carboxylic acids is 1. The second-order valence-electron chi connectivity index (χ2n) is 29.9. The van der Waals surface area contributed by atoms with Crippen LogP contribution in [0.1, 0.15) is 119 Å². The van der Waals surface area contributed by atoms with Crippen LogP contribution in [0.25, 0.3) is 0 Å². The van der Waals surface area contributed by atoms with Gasteiger partial charge in [0.1, 0.15) is 23.0 Å². The van der Waals surface area contributed by atoms with Gasteiger partial charge in [0.15, 0.2) is 17.0 Å². The summed E-state index contributed by atoms with van der Waals surface area (Å²) >= 11 is 5.47. The average Bonchev–Trinajstić information content (AvgIpc) is 0.746. The van der Waals surface area contributed by atoms with Gasteiger partial charge in [-0.2, -0.15) is 21.5 Å². The molecular formula is C71H116N20O24S6. The lowest BCUT2D eigenvalue weighted by atomic mass is 9.80. The van der Waals surface area contributed by atoms with Gasteiger partial charge in [-0.1, -0.05) is 45.9 Å². The molecule has 3 aromatic carbocycles. The molecule has 680 valence electrons. The zero-order chi connectivity index (χ0) is 91.2. The van der Waals surface area contributed by atoms with E-state index in [1.165, 1.54) is 44.3 Å². The third-order valence-corrected chi connectivity index (χ3v) is 26.2. The number of ether oxygens (including phenoxy) is 1. The third kappa shape index (κ3) is 37.0. The van der Waals surface area contributed by atoms with E-state index in [0.717, 1.165) is 23.1 Å². The van der Waals surface area contributed by atoms with Gasteiger partial charge in [-0.05, 0) is 99.3 Å². The highest BCUT2D eigenvalue weighted by atomic mass is 32.2. The molecule has 0 spiro atoms. The Bertz CT molecular complexity index is 4690. The summed E-state index contributed by atoms with van der Waals surface area (Å²) in [7, 11) is -20.8. The van der Waals surface area contributed by atoms with Gasteiger partial charge in [-0.15, -0.1) is 0 Å². The number of carbonyl (C=O) groups excluding carboxylic acids is 6. The van der Waals surface area contributed by atoms with Crippen molar-refractivity contribution < 1.29 is 111 Å². The summed E-state index contributed by atoms with van der Waals surface area (Å²) in [6.45, 7) is -0.822. The number of anilines is 1. The van der Waals surface area contributed by atoms with Crippen molar-refractivity contribution in [2.45, 2.75) is 128 Å². The topological polar surface area (TPSA) is 680 Å². The molecule has 23 N–H and O–H groups in total. The van der Waals surface area contributed by atoms with E-state index in [1.807, 2.05) is 0 Å². The van der Waals surface area contributed by atoms with Crippen molar-refractivity contribution in [2.75, 3.05) is 134 Å². The lowest BCUT2D eigenvalue weighted by Crippen LogP contribution is -2.56. The molecular weight excluding hydrogens is 1710 g/mol. The number of phenolic OH excluding ortho intramolecular Hbond substituents is 2. The van der Waals surface area contributed by atoms with Crippen LogP contribution in [0.5, 0.6) is 23.0 Å². The molecule has 0 aromatic heterocycles. The molecule has 0 fully saturated rings. The number of nitrogens with one attached hydrogen (secondary N) is 12. The number of aliphatic hydroxyl groups excluding tert-OH is 1. The first-order valence-electron chi connectivity index (χ1n) is 38.2. The highest BCUT2D eigenvalue weighted by Gasteiger charge is 2.38. The summed E-state index contributed by atoms with van der Waals surface area (Å²) in [5, 5.41) is 92.6. The number of thiocarbonyl (C=S) groups is 1. The molecule has 0 aliphatic carbocycles. The van der Waals surface area contributed by atoms with Crippen LogP contribution < -0.4 is 75.1 Å². The Hall–Kier alpha value is -9.48. The number of aromatic carboxylic acids is 1. The minimum absolute atomic E-state index is 0.00631. The fourth-order valence-electron chi connectivity index (χ4n) is 12.8. The summed E-state index contributed by atoms with van der Waals surface area (Å²) in [6, 6.07) is 6.70. The number of sulfonamides is 5. The number of nitrogens with two attached hydrogens (primary N) is 3. The van der Waals surface area contributed by atoms with Gasteiger partial charge in [0.05, 0.1) is 80.7 Å². The smallest absolute Gasteiger partial charge is 0.336 e. The van der Waals surface area contributed by atoms with Crippen LogP contribution in [-0.4, -0.2) is 319 Å². The number of carboxylic acids is 2. The maximum atomic E-state index is 14.3. The second kappa shape index (κ2) is 47.8. The molecule has 6 amide bonds. The predicted octanol–water partition coefficient (Wildman–Crippen LogP) is -3.59. The van der Waals surface area contributed by atoms with E-state index in [9.17, 15) is 106 Å². The van der Waals surface area contributed by atoms with Gasteiger partial charge in [0.2, 0.25) is 85.6 Å². The fraction of sp³-hybridized carbons (Fsp3) is 0.592. The minimum atomic E-state index is -4.49. The van der Waals surface area contributed by atoms with Crippen LogP contribution >= 0.6 is 12.2 Å². The quantitative estimate of drug-likeness (QED) is 0.00879. The second-order valence-corrected chi connectivity index (χ2v) is 40.4. The molecule has 121 heavy (non-hydrogen) atoms. The van der Waals surface area contributed by atoms with E-state index >= 15 is 0 Å². The molecule has 50 heteroatoms. The molecule has 6 atom stereocenters. The number of rotatable bonds is 54. The maximum Gasteiger partial charge on any atom is 0.336 e. The number of aromatic hydroxyl groups is 2. The van der Waals surface area contributed by atoms with Gasteiger partial charge in [0.25, 0.3) is 0 Å². The van der Waals surface area contributed by atoms with Crippen molar-refractivity contribution in [3.05, 3.63) is 76.9 Å². The molecule has 0 radical (unpaired) electrons. The van der Waals surface area contributed by atoms with Crippen molar-refractivity contribution in [3.8, 4) is 23.0 Å². The zero-order valence-corrected chi connectivity index (χ0v) is 73.7. The van der Waals surface area contributed by atoms with Crippen molar-refractivity contribution in [1.82, 2.24) is 69.4 Å². The largest absolute Gasteiger partial charge is 0.508 e. The molecule has 3 aromatic rings. The lowest BCUT2D eigenvalue weighted by molar-refractivity contribution is -0.137. The Kier molecular flexibility index (Phi) is 41.0. The van der Waals surface area contributed by atoms with E-state index in [0.29, 0.717) is 33.9 Å². The van der Waals surface area contributed by atoms with Gasteiger partial charge >= 0.3 is 11.9 Å². The van der Waals surface area contributed by atoms with E-state index < -0.39 is 247 Å². The van der Waals surface area contributed by atoms with Crippen molar-refractivity contribution in [2.24, 2.45) is 29.0 Å². The van der Waals surface area contributed by atoms with E-state index in [1.54, 1.807) is 52.0 Å². The number of hydrogen-bond donors (Lipinski definition) is 20. The Morgan fingerprint density at radius 2 is 0.942 bits per heavy atom. The normalized spacial score (nSPS) is 14.1. The van der Waals surface area contributed by atoms with Crippen LogP contribution in [0.15, 0.2) is 54.6 Å². The summed E-state index contributed by atoms with van der Waals surface area (Å²) in [4.78, 5) is 107. The fourth-order valence-corrected chi connectivity index (χ4v) is 18.4. The third-order valence-electron chi connectivity index (χ3n) is 18.4. The lowest BCUT2D eigenvalue weighted by Gasteiger charge is -2.32. The molecule has 0 bridgehead atoms. The van der Waals surface area contributed by atoms with Crippen LogP contribution in [0, 0.1) is 22.7 Å².